The van der Waals surface area contributed by atoms with E-state index >= 15 is 0 Å². The molecule has 0 aliphatic carbocycles. The summed E-state index contributed by atoms with van der Waals surface area (Å²) in [5, 5.41) is 3.39. The molecule has 0 bridgehead atoms. The zero-order valence-electron chi connectivity index (χ0n) is 14.5. The number of hydrogen-bond acceptors (Lipinski definition) is 4. The van der Waals surface area contributed by atoms with Gasteiger partial charge in [0.1, 0.15) is 0 Å². The number of halogens is 2. The van der Waals surface area contributed by atoms with Gasteiger partial charge in [-0.3, -0.25) is 9.59 Å². The monoisotopic (exact) mass is 396 g/mol. The van der Waals surface area contributed by atoms with Crippen LogP contribution in [-0.2, 0) is 4.79 Å². The van der Waals surface area contributed by atoms with Gasteiger partial charge in [0.2, 0.25) is 5.91 Å². The van der Waals surface area contributed by atoms with Gasteiger partial charge in [-0.05, 0) is 30.3 Å². The van der Waals surface area contributed by atoms with Crippen LogP contribution in [0.1, 0.15) is 10.4 Å². The Hall–Kier alpha value is -2.44. The number of carbonyl (C=O) groups excluding carboxylic acids is 2. The van der Waals surface area contributed by atoms with E-state index in [2.05, 4.69) is 5.32 Å². The zero-order chi connectivity index (χ0) is 19.3. The van der Waals surface area contributed by atoms with Crippen LogP contribution in [-0.4, -0.2) is 44.5 Å². The topological polar surface area (TPSA) is 67.9 Å². The molecule has 0 aromatic heterocycles. The maximum atomic E-state index is 12.7. The van der Waals surface area contributed by atoms with E-state index in [1.165, 1.54) is 32.2 Å². The first-order chi connectivity index (χ1) is 12.4. The second-order valence-electron chi connectivity index (χ2n) is 5.38. The Morgan fingerprint density at radius 3 is 2.42 bits per heavy atom. The molecule has 0 saturated carbocycles. The lowest BCUT2D eigenvalue weighted by Gasteiger charge is -2.19. The number of methoxy groups -OCH3 is 2. The second-order valence-corrected chi connectivity index (χ2v) is 6.19. The number of nitrogens with one attached hydrogen (secondary N) is 1. The predicted octanol–water partition coefficient (Wildman–Crippen LogP) is 3.72. The maximum Gasteiger partial charge on any atom is 0.257 e. The van der Waals surface area contributed by atoms with Gasteiger partial charge in [0.15, 0.2) is 11.5 Å². The molecule has 8 heteroatoms. The maximum absolute atomic E-state index is 12.7. The minimum atomic E-state index is -0.374. The van der Waals surface area contributed by atoms with E-state index < -0.39 is 0 Å². The summed E-state index contributed by atoms with van der Waals surface area (Å²) < 4.78 is 10.5. The molecule has 2 aromatic carbocycles. The quantitative estimate of drug-likeness (QED) is 0.807. The standard InChI is InChI=1S/C18H18Cl2N2O4/c1-22(10-16(23)21-11-7-8-13(19)14(20)9-11)18(24)12-5-4-6-15(25-2)17(12)26-3/h4-9H,10H2,1-3H3,(H,21,23). The van der Waals surface area contributed by atoms with Crippen LogP contribution in [0.2, 0.25) is 10.0 Å². The lowest BCUT2D eigenvalue weighted by Crippen LogP contribution is -2.35. The lowest BCUT2D eigenvalue weighted by molar-refractivity contribution is -0.116. The molecule has 0 fully saturated rings. The largest absolute Gasteiger partial charge is 0.493 e. The SMILES string of the molecule is COc1cccc(C(=O)N(C)CC(=O)Nc2ccc(Cl)c(Cl)c2)c1OC. The van der Waals surface area contributed by atoms with Crippen LogP contribution in [0, 0.1) is 0 Å². The zero-order valence-corrected chi connectivity index (χ0v) is 16.0. The van der Waals surface area contributed by atoms with Gasteiger partial charge in [0, 0.05) is 12.7 Å². The van der Waals surface area contributed by atoms with Gasteiger partial charge in [-0.25, -0.2) is 0 Å². The van der Waals surface area contributed by atoms with E-state index in [-0.39, 0.29) is 18.4 Å². The summed E-state index contributed by atoms with van der Waals surface area (Å²) in [6.45, 7) is -0.153. The molecule has 0 radical (unpaired) electrons. The van der Waals surface area contributed by atoms with Crippen LogP contribution in [0.15, 0.2) is 36.4 Å². The first-order valence-electron chi connectivity index (χ1n) is 7.58. The fourth-order valence-corrected chi connectivity index (χ4v) is 2.62. The molecular formula is C18H18Cl2N2O4. The molecule has 2 amide bonds. The van der Waals surface area contributed by atoms with E-state index in [1.54, 1.807) is 30.3 Å². The molecule has 138 valence electrons. The van der Waals surface area contributed by atoms with Crippen LogP contribution in [0.3, 0.4) is 0 Å². The van der Waals surface area contributed by atoms with Crippen molar-refractivity contribution < 1.29 is 19.1 Å². The highest BCUT2D eigenvalue weighted by molar-refractivity contribution is 6.42. The molecule has 2 rings (SSSR count). The number of para-hydroxylation sites is 1. The highest BCUT2D eigenvalue weighted by Crippen LogP contribution is 2.31. The molecule has 0 aliphatic heterocycles. The van der Waals surface area contributed by atoms with Crippen molar-refractivity contribution in [2.45, 2.75) is 0 Å². The van der Waals surface area contributed by atoms with Crippen molar-refractivity contribution in [1.82, 2.24) is 4.90 Å². The fourth-order valence-electron chi connectivity index (χ4n) is 2.32. The molecule has 0 saturated heterocycles. The number of carbonyl (C=O) groups is 2. The summed E-state index contributed by atoms with van der Waals surface area (Å²) >= 11 is 11.8. The fraction of sp³-hybridized carbons (Fsp3) is 0.222. The molecule has 1 N–H and O–H groups in total. The van der Waals surface area contributed by atoms with Crippen molar-refractivity contribution in [1.29, 1.82) is 0 Å². The molecule has 2 aromatic rings. The summed E-state index contributed by atoms with van der Waals surface area (Å²) in [6.07, 6.45) is 0. The van der Waals surface area contributed by atoms with E-state index in [4.69, 9.17) is 32.7 Å². The second kappa shape index (κ2) is 8.78. The number of hydrogen-bond donors (Lipinski definition) is 1. The Labute approximate surface area is 161 Å². The minimum Gasteiger partial charge on any atom is -0.493 e. The van der Waals surface area contributed by atoms with Gasteiger partial charge in [-0.2, -0.15) is 0 Å². The van der Waals surface area contributed by atoms with Crippen LogP contribution in [0.5, 0.6) is 11.5 Å². The summed E-state index contributed by atoms with van der Waals surface area (Å²) in [6, 6.07) is 9.71. The normalized spacial score (nSPS) is 10.2. The molecular weight excluding hydrogens is 379 g/mol. The summed E-state index contributed by atoms with van der Waals surface area (Å²) in [4.78, 5) is 26.1. The van der Waals surface area contributed by atoms with Gasteiger partial charge in [-0.1, -0.05) is 29.3 Å². The first-order valence-corrected chi connectivity index (χ1v) is 8.34. The van der Waals surface area contributed by atoms with E-state index in [0.717, 1.165) is 0 Å². The average molecular weight is 397 g/mol. The number of nitrogens with zero attached hydrogens (tertiary/aromatic N) is 1. The molecule has 0 unspecified atom stereocenters. The third kappa shape index (κ3) is 4.59. The predicted molar refractivity (Wildman–Crippen MR) is 102 cm³/mol. The van der Waals surface area contributed by atoms with E-state index in [0.29, 0.717) is 32.8 Å². The van der Waals surface area contributed by atoms with Crippen molar-refractivity contribution in [3.63, 3.8) is 0 Å². The first kappa shape index (κ1) is 19.9. The number of ether oxygens (including phenoxy) is 2. The van der Waals surface area contributed by atoms with Crippen LogP contribution >= 0.6 is 23.2 Å². The van der Waals surface area contributed by atoms with Crippen LogP contribution in [0.4, 0.5) is 5.69 Å². The summed E-state index contributed by atoms with van der Waals surface area (Å²) in [5.74, 6) is 0.00916. The van der Waals surface area contributed by atoms with Gasteiger partial charge in [-0.15, -0.1) is 0 Å². The molecule has 6 nitrogen and oxygen atoms in total. The Morgan fingerprint density at radius 2 is 1.81 bits per heavy atom. The molecule has 0 atom stereocenters. The number of benzene rings is 2. The summed E-state index contributed by atoms with van der Waals surface area (Å²) in [5.41, 5.74) is 0.792. The van der Waals surface area contributed by atoms with E-state index in [1.807, 2.05) is 0 Å². The van der Waals surface area contributed by atoms with Crippen molar-refractivity contribution in [2.24, 2.45) is 0 Å². The average Bonchev–Trinajstić information content (AvgIpc) is 2.63. The number of anilines is 1. The van der Waals surface area contributed by atoms with Gasteiger partial charge in [0.05, 0.1) is 36.4 Å². The highest BCUT2D eigenvalue weighted by atomic mass is 35.5. The third-order valence-corrected chi connectivity index (χ3v) is 4.30. The van der Waals surface area contributed by atoms with Crippen LogP contribution in [0.25, 0.3) is 0 Å². The number of likely N-dealkylation sites (N-methyl/N-ethyl adjacent to an activating group) is 1. The highest BCUT2D eigenvalue weighted by Gasteiger charge is 2.21. The minimum absolute atomic E-state index is 0.153. The third-order valence-electron chi connectivity index (χ3n) is 3.56. The number of rotatable bonds is 6. The smallest absolute Gasteiger partial charge is 0.257 e. The Morgan fingerprint density at radius 1 is 1.08 bits per heavy atom. The van der Waals surface area contributed by atoms with Crippen molar-refractivity contribution in [3.05, 3.63) is 52.0 Å². The number of amides is 2. The van der Waals surface area contributed by atoms with Gasteiger partial charge >= 0.3 is 0 Å². The van der Waals surface area contributed by atoms with Gasteiger partial charge < -0.3 is 19.7 Å². The van der Waals surface area contributed by atoms with Crippen molar-refractivity contribution in [3.8, 4) is 11.5 Å². The molecule has 0 spiro atoms. The summed E-state index contributed by atoms with van der Waals surface area (Å²) in [7, 11) is 4.46. The molecule has 26 heavy (non-hydrogen) atoms. The van der Waals surface area contributed by atoms with Crippen molar-refractivity contribution in [2.75, 3.05) is 33.1 Å². The van der Waals surface area contributed by atoms with Gasteiger partial charge in [0.25, 0.3) is 5.91 Å². The Kier molecular flexibility index (Phi) is 6.71. The van der Waals surface area contributed by atoms with E-state index in [9.17, 15) is 9.59 Å². The Balaban J connectivity index is 2.09. The van der Waals surface area contributed by atoms with Crippen LogP contribution < -0.4 is 14.8 Å². The molecule has 0 aliphatic rings. The lowest BCUT2D eigenvalue weighted by atomic mass is 10.1. The molecule has 0 heterocycles. The van der Waals surface area contributed by atoms with Crippen molar-refractivity contribution >= 4 is 40.7 Å². The Bertz CT molecular complexity index is 827.